The molecule has 1 rings (SSSR count). The van der Waals surface area contributed by atoms with Crippen molar-refractivity contribution in [1.82, 2.24) is 4.98 Å². The molecule has 0 fully saturated rings. The van der Waals surface area contributed by atoms with Crippen LogP contribution in [-0.4, -0.2) is 27.9 Å². The van der Waals surface area contributed by atoms with Crippen molar-refractivity contribution >= 4 is 29.1 Å². The second kappa shape index (κ2) is 6.54. The summed E-state index contributed by atoms with van der Waals surface area (Å²) in [6.45, 7) is 6.43. The molecule has 1 heterocycles. The molecule has 0 spiro atoms. The molecule has 102 valence electrons. The zero-order valence-electron chi connectivity index (χ0n) is 11.0. The summed E-state index contributed by atoms with van der Waals surface area (Å²) >= 11 is 3.34. The highest BCUT2D eigenvalue weighted by molar-refractivity contribution is 7.98. The highest BCUT2D eigenvalue weighted by Gasteiger charge is 2.17. The van der Waals surface area contributed by atoms with E-state index < -0.39 is 12.0 Å². The van der Waals surface area contributed by atoms with Gasteiger partial charge in [0.15, 0.2) is 0 Å². The van der Waals surface area contributed by atoms with Crippen molar-refractivity contribution in [2.24, 2.45) is 5.73 Å². The summed E-state index contributed by atoms with van der Waals surface area (Å²) < 4.78 is 0. The molecule has 0 aromatic carbocycles. The van der Waals surface area contributed by atoms with Crippen LogP contribution in [0.15, 0.2) is 5.38 Å². The van der Waals surface area contributed by atoms with Crippen LogP contribution in [0.5, 0.6) is 0 Å². The van der Waals surface area contributed by atoms with Gasteiger partial charge in [0.25, 0.3) is 0 Å². The maximum Gasteiger partial charge on any atom is 0.320 e. The number of carbonyl (C=O) groups is 1. The molecule has 4 nitrogen and oxygen atoms in total. The Hall–Kier alpha value is -0.590. The summed E-state index contributed by atoms with van der Waals surface area (Å²) in [4.78, 5) is 15.1. The van der Waals surface area contributed by atoms with Crippen LogP contribution in [0.2, 0.25) is 0 Å². The minimum Gasteiger partial charge on any atom is -0.480 e. The Morgan fingerprint density at radius 2 is 2.28 bits per heavy atom. The number of aromatic nitrogens is 1. The lowest BCUT2D eigenvalue weighted by molar-refractivity contribution is -0.138. The van der Waals surface area contributed by atoms with Gasteiger partial charge in [0.05, 0.1) is 5.69 Å². The maximum atomic E-state index is 10.5. The molecule has 0 radical (unpaired) electrons. The molecular weight excluding hydrogens is 268 g/mol. The normalized spacial score (nSPS) is 13.6. The number of hydrogen-bond donors (Lipinski definition) is 2. The largest absolute Gasteiger partial charge is 0.480 e. The number of nitrogens with zero attached hydrogens (tertiary/aromatic N) is 1. The number of carboxylic acid groups (broad SMARTS) is 1. The van der Waals surface area contributed by atoms with Crippen LogP contribution in [0, 0.1) is 0 Å². The fraction of sp³-hybridized carbons (Fsp3) is 0.667. The Kier molecular flexibility index (Phi) is 5.62. The third-order valence-corrected chi connectivity index (χ3v) is 4.47. The molecular formula is C12H20N2O2S2. The Morgan fingerprint density at radius 3 is 2.78 bits per heavy atom. The van der Waals surface area contributed by atoms with Gasteiger partial charge in [-0.3, -0.25) is 4.79 Å². The summed E-state index contributed by atoms with van der Waals surface area (Å²) in [5.74, 6) is 0.644. The number of aliphatic carboxylic acids is 1. The number of thioether (sulfide) groups is 1. The van der Waals surface area contributed by atoms with Crippen molar-refractivity contribution in [3.63, 3.8) is 0 Å². The number of nitrogens with two attached hydrogens (primary N) is 1. The van der Waals surface area contributed by atoms with E-state index >= 15 is 0 Å². The van der Waals surface area contributed by atoms with Crippen molar-refractivity contribution in [1.29, 1.82) is 0 Å². The lowest BCUT2D eigenvalue weighted by atomic mass is 9.93. The van der Waals surface area contributed by atoms with E-state index in [2.05, 4.69) is 31.1 Å². The Balaban J connectivity index is 2.32. The molecule has 1 unspecified atom stereocenters. The average Bonchev–Trinajstić information content (AvgIpc) is 2.72. The van der Waals surface area contributed by atoms with Crippen molar-refractivity contribution < 1.29 is 9.90 Å². The molecule has 0 aliphatic carbocycles. The van der Waals surface area contributed by atoms with E-state index in [1.165, 1.54) is 0 Å². The lowest BCUT2D eigenvalue weighted by Gasteiger charge is -2.14. The molecule has 1 atom stereocenters. The van der Waals surface area contributed by atoms with Crippen molar-refractivity contribution in [3.8, 4) is 0 Å². The molecule has 1 aromatic heterocycles. The van der Waals surface area contributed by atoms with Gasteiger partial charge in [-0.1, -0.05) is 20.8 Å². The van der Waals surface area contributed by atoms with E-state index in [0.29, 0.717) is 6.42 Å². The van der Waals surface area contributed by atoms with Crippen LogP contribution >= 0.6 is 23.1 Å². The summed E-state index contributed by atoms with van der Waals surface area (Å²) in [5, 5.41) is 11.8. The highest BCUT2D eigenvalue weighted by atomic mass is 32.2. The summed E-state index contributed by atoms with van der Waals surface area (Å²) in [7, 11) is 0. The quantitative estimate of drug-likeness (QED) is 0.786. The van der Waals surface area contributed by atoms with E-state index in [1.54, 1.807) is 23.1 Å². The first-order valence-corrected chi connectivity index (χ1v) is 7.85. The molecule has 0 aliphatic rings. The molecule has 0 amide bonds. The SMILES string of the molecule is CC(C)(C)c1csc(CSCCC(N)C(=O)O)n1. The monoisotopic (exact) mass is 288 g/mol. The topological polar surface area (TPSA) is 76.2 Å². The van der Waals surface area contributed by atoms with Crippen LogP contribution in [0.1, 0.15) is 37.9 Å². The second-order valence-corrected chi connectivity index (χ2v) is 7.21. The molecule has 6 heteroatoms. The fourth-order valence-electron chi connectivity index (χ4n) is 1.21. The van der Waals surface area contributed by atoms with E-state index in [-0.39, 0.29) is 5.41 Å². The molecule has 0 saturated carbocycles. The van der Waals surface area contributed by atoms with Crippen LogP contribution in [0.4, 0.5) is 0 Å². The van der Waals surface area contributed by atoms with Crippen molar-refractivity contribution in [3.05, 3.63) is 16.1 Å². The highest BCUT2D eigenvalue weighted by Crippen LogP contribution is 2.25. The van der Waals surface area contributed by atoms with Crippen LogP contribution in [0.25, 0.3) is 0 Å². The van der Waals surface area contributed by atoms with E-state index in [9.17, 15) is 4.79 Å². The molecule has 0 bridgehead atoms. The van der Waals surface area contributed by atoms with Gasteiger partial charge >= 0.3 is 5.97 Å². The molecule has 0 saturated heterocycles. The van der Waals surface area contributed by atoms with Gasteiger partial charge in [-0.2, -0.15) is 11.8 Å². The predicted octanol–water partition coefficient (Wildman–Crippen LogP) is 2.48. The Morgan fingerprint density at radius 1 is 1.61 bits per heavy atom. The third kappa shape index (κ3) is 4.96. The predicted molar refractivity (Wildman–Crippen MR) is 77.2 cm³/mol. The fourth-order valence-corrected chi connectivity index (χ4v) is 3.35. The summed E-state index contributed by atoms with van der Waals surface area (Å²) in [6.07, 6.45) is 0.498. The number of hydrogen-bond acceptors (Lipinski definition) is 5. The zero-order chi connectivity index (χ0) is 13.8. The standard InChI is InChI=1S/C12H20N2O2S2/c1-12(2,3)9-6-18-10(14-9)7-17-5-4-8(13)11(15)16/h6,8H,4-5,7,13H2,1-3H3,(H,15,16). The van der Waals surface area contributed by atoms with Gasteiger partial charge in [-0.05, 0) is 12.2 Å². The molecule has 1 aromatic rings. The van der Waals surface area contributed by atoms with Crippen LogP contribution < -0.4 is 5.73 Å². The second-order valence-electron chi connectivity index (χ2n) is 5.16. The zero-order valence-corrected chi connectivity index (χ0v) is 12.6. The van der Waals surface area contributed by atoms with Crippen molar-refractivity contribution in [2.45, 2.75) is 44.4 Å². The van der Waals surface area contributed by atoms with Gasteiger partial charge in [-0.25, -0.2) is 4.98 Å². The molecule has 3 N–H and O–H groups in total. The van der Waals surface area contributed by atoms with E-state index in [0.717, 1.165) is 22.2 Å². The minimum absolute atomic E-state index is 0.0884. The minimum atomic E-state index is -0.931. The Bertz CT molecular complexity index is 399. The Labute approximate surface area is 116 Å². The van der Waals surface area contributed by atoms with Crippen LogP contribution in [-0.2, 0) is 16.0 Å². The van der Waals surface area contributed by atoms with Gasteiger partial charge < -0.3 is 10.8 Å². The van der Waals surface area contributed by atoms with E-state index in [4.69, 9.17) is 10.8 Å². The maximum absolute atomic E-state index is 10.5. The number of carboxylic acids is 1. The van der Waals surface area contributed by atoms with Gasteiger partial charge in [0.1, 0.15) is 11.0 Å². The summed E-state index contributed by atoms with van der Waals surface area (Å²) in [5.41, 5.74) is 6.64. The van der Waals surface area contributed by atoms with E-state index in [1.807, 2.05) is 0 Å². The van der Waals surface area contributed by atoms with Crippen molar-refractivity contribution in [2.75, 3.05) is 5.75 Å². The average molecular weight is 288 g/mol. The third-order valence-electron chi connectivity index (χ3n) is 2.44. The first kappa shape index (κ1) is 15.5. The molecule has 0 aliphatic heterocycles. The first-order chi connectivity index (χ1) is 8.30. The number of rotatable bonds is 6. The first-order valence-electron chi connectivity index (χ1n) is 5.81. The van der Waals surface area contributed by atoms with Gasteiger partial charge in [0, 0.05) is 16.5 Å². The van der Waals surface area contributed by atoms with Gasteiger partial charge in [0.2, 0.25) is 0 Å². The smallest absolute Gasteiger partial charge is 0.320 e. The molecule has 18 heavy (non-hydrogen) atoms. The number of thiazole rings is 1. The lowest BCUT2D eigenvalue weighted by Crippen LogP contribution is -2.30. The van der Waals surface area contributed by atoms with Crippen LogP contribution in [0.3, 0.4) is 0 Å². The van der Waals surface area contributed by atoms with Gasteiger partial charge in [-0.15, -0.1) is 11.3 Å². The summed E-state index contributed by atoms with van der Waals surface area (Å²) in [6, 6.07) is -0.751.